The van der Waals surface area contributed by atoms with Crippen LogP contribution in [-0.2, 0) is 12.4 Å². The third kappa shape index (κ3) is 4.70. The van der Waals surface area contributed by atoms with Crippen LogP contribution in [0.1, 0.15) is 29.2 Å². The topological polar surface area (TPSA) is 26.0 Å². The van der Waals surface area contributed by atoms with Crippen LogP contribution < -0.4 is 5.73 Å². The Labute approximate surface area is 120 Å². The van der Waals surface area contributed by atoms with Gasteiger partial charge in [0.15, 0.2) is 0 Å². The third-order valence-electron chi connectivity index (χ3n) is 2.55. The summed E-state index contributed by atoms with van der Waals surface area (Å²) in [6.07, 6.45) is -11.0. The number of nitrogens with two attached hydrogens (primary N) is 1. The van der Waals surface area contributed by atoms with Crippen molar-refractivity contribution in [3.63, 3.8) is 0 Å². The molecule has 0 saturated heterocycles. The Morgan fingerprint density at radius 2 is 1.52 bits per heavy atom. The molecule has 1 nitrogen and oxygen atoms in total. The van der Waals surface area contributed by atoms with Gasteiger partial charge in [0.2, 0.25) is 0 Å². The summed E-state index contributed by atoms with van der Waals surface area (Å²) in [6.45, 7) is -1.13. The van der Waals surface area contributed by atoms with Crippen LogP contribution in [0.15, 0.2) is 12.1 Å². The summed E-state index contributed by atoms with van der Waals surface area (Å²) in [4.78, 5) is 0. The number of hydrogen-bond acceptors (Lipinski definition) is 1. The van der Waals surface area contributed by atoms with Crippen LogP contribution in [0.2, 0.25) is 0 Å². The van der Waals surface area contributed by atoms with Gasteiger partial charge >= 0.3 is 12.4 Å². The van der Waals surface area contributed by atoms with E-state index in [0.29, 0.717) is 0 Å². The van der Waals surface area contributed by atoms with Gasteiger partial charge in [-0.3, -0.25) is 4.39 Å². The van der Waals surface area contributed by atoms with E-state index in [1.807, 2.05) is 0 Å². The largest absolute Gasteiger partial charge is 0.416 e. The minimum absolute atomic E-state index is 0. The van der Waals surface area contributed by atoms with Crippen molar-refractivity contribution in [2.75, 3.05) is 6.67 Å². The van der Waals surface area contributed by atoms with Crippen LogP contribution >= 0.6 is 12.4 Å². The molecule has 0 aromatic heterocycles. The van der Waals surface area contributed by atoms with Crippen molar-refractivity contribution in [3.05, 3.63) is 34.6 Å². The van der Waals surface area contributed by atoms with E-state index in [9.17, 15) is 35.1 Å². The summed E-state index contributed by atoms with van der Waals surface area (Å²) in [5.41, 5.74) is 0.417. The second-order valence-corrected chi connectivity index (χ2v) is 4.00. The van der Waals surface area contributed by atoms with Crippen molar-refractivity contribution < 1.29 is 35.1 Å². The highest BCUT2D eigenvalue weighted by Gasteiger charge is 2.40. The fraction of sp³-hybridized carbons (Fsp3) is 0.455. The summed E-state index contributed by atoms with van der Waals surface area (Å²) in [5, 5.41) is 0. The van der Waals surface area contributed by atoms with Gasteiger partial charge in [-0.15, -0.1) is 12.4 Å². The van der Waals surface area contributed by atoms with E-state index in [1.165, 1.54) is 0 Å². The molecule has 0 spiro atoms. The molecule has 0 aliphatic heterocycles. The summed E-state index contributed by atoms with van der Waals surface area (Å²) in [5.74, 6) is -1.76. The molecule has 2 N–H and O–H groups in total. The smallest absolute Gasteiger partial charge is 0.324 e. The normalized spacial score (nSPS) is 13.8. The predicted octanol–water partition coefficient (Wildman–Crippen LogP) is 4.64. The molecule has 0 saturated carbocycles. The molecule has 1 aromatic carbocycles. The van der Waals surface area contributed by atoms with E-state index in [1.54, 1.807) is 0 Å². The van der Waals surface area contributed by atoms with Gasteiger partial charge in [-0.2, -0.15) is 26.3 Å². The SMILES string of the molecule is Cl.N[C@@H](CCF)c1c(F)cc(C(F)(F)F)cc1C(F)(F)F. The fourth-order valence-electron chi connectivity index (χ4n) is 1.65. The average Bonchev–Trinajstić information content (AvgIpc) is 2.25. The second kappa shape index (κ2) is 6.78. The van der Waals surface area contributed by atoms with E-state index in [-0.39, 0.29) is 24.5 Å². The quantitative estimate of drug-likeness (QED) is 0.795. The zero-order chi connectivity index (χ0) is 15.7. The zero-order valence-corrected chi connectivity index (χ0v) is 11.0. The van der Waals surface area contributed by atoms with Gasteiger partial charge in [0.1, 0.15) is 5.82 Å². The second-order valence-electron chi connectivity index (χ2n) is 4.00. The molecule has 0 bridgehead atoms. The molecule has 0 amide bonds. The highest BCUT2D eigenvalue weighted by atomic mass is 35.5. The maximum Gasteiger partial charge on any atom is 0.416 e. The van der Waals surface area contributed by atoms with Gasteiger partial charge in [-0.05, 0) is 18.6 Å². The molecule has 1 atom stereocenters. The first-order valence-corrected chi connectivity index (χ1v) is 5.28. The van der Waals surface area contributed by atoms with Crippen molar-refractivity contribution in [1.82, 2.24) is 0 Å². The number of rotatable bonds is 3. The molecule has 10 heteroatoms. The van der Waals surface area contributed by atoms with Gasteiger partial charge in [0, 0.05) is 11.6 Å². The van der Waals surface area contributed by atoms with Crippen molar-refractivity contribution in [3.8, 4) is 0 Å². The Bertz CT molecular complexity index is 482. The molecule has 1 rings (SSSR count). The lowest BCUT2D eigenvalue weighted by Gasteiger charge is -2.20. The van der Waals surface area contributed by atoms with E-state index >= 15 is 0 Å². The van der Waals surface area contributed by atoms with Crippen LogP contribution in [-0.4, -0.2) is 6.67 Å². The zero-order valence-electron chi connectivity index (χ0n) is 10.2. The summed E-state index contributed by atoms with van der Waals surface area (Å²) >= 11 is 0. The number of hydrogen-bond donors (Lipinski definition) is 1. The molecule has 0 fully saturated rings. The van der Waals surface area contributed by atoms with Crippen molar-refractivity contribution in [1.29, 1.82) is 0 Å². The Kier molecular flexibility index (Phi) is 6.43. The lowest BCUT2D eigenvalue weighted by Crippen LogP contribution is -2.21. The Hall–Kier alpha value is -1.09. The van der Waals surface area contributed by atoms with E-state index in [0.717, 1.165) is 0 Å². The van der Waals surface area contributed by atoms with Crippen molar-refractivity contribution >= 4 is 12.4 Å². The molecule has 0 aliphatic rings. The van der Waals surface area contributed by atoms with Crippen LogP contribution in [0.25, 0.3) is 0 Å². The van der Waals surface area contributed by atoms with Gasteiger partial charge < -0.3 is 5.73 Å². The molecule has 0 radical (unpaired) electrons. The summed E-state index contributed by atoms with van der Waals surface area (Å²) in [6, 6.07) is -1.99. The van der Waals surface area contributed by atoms with Gasteiger partial charge in [0.05, 0.1) is 17.8 Å². The van der Waals surface area contributed by atoms with Crippen molar-refractivity contribution in [2.24, 2.45) is 5.73 Å². The van der Waals surface area contributed by atoms with E-state index in [4.69, 9.17) is 5.73 Å². The number of alkyl halides is 7. The average molecular weight is 344 g/mol. The van der Waals surface area contributed by atoms with Crippen molar-refractivity contribution in [2.45, 2.75) is 24.8 Å². The fourth-order valence-corrected chi connectivity index (χ4v) is 1.65. The first kappa shape index (κ1) is 19.9. The highest BCUT2D eigenvalue weighted by Crippen LogP contribution is 2.40. The van der Waals surface area contributed by atoms with Crippen LogP contribution in [0.3, 0.4) is 0 Å². The standard InChI is InChI=1S/C11H9F8N.ClH/c12-2-1-8(20)9-6(11(17,18)19)3-5(4-7(9)13)10(14,15)16;/h3-4,8H,1-2,20H2;1H/t8-;/m0./s1. The molecule has 1 aromatic rings. The number of halogens is 9. The molecular formula is C11H10ClF8N. The molecule has 21 heavy (non-hydrogen) atoms. The molecule has 0 unspecified atom stereocenters. The lowest BCUT2D eigenvalue weighted by molar-refractivity contribution is -0.144. The monoisotopic (exact) mass is 343 g/mol. The maximum absolute atomic E-state index is 13.5. The lowest BCUT2D eigenvalue weighted by atomic mass is 9.95. The van der Waals surface area contributed by atoms with E-state index in [2.05, 4.69) is 0 Å². The third-order valence-corrected chi connectivity index (χ3v) is 2.55. The van der Waals surface area contributed by atoms with E-state index < -0.39 is 54.0 Å². The van der Waals surface area contributed by atoms with Crippen LogP contribution in [0, 0.1) is 5.82 Å². The van der Waals surface area contributed by atoms with Gasteiger partial charge in [0.25, 0.3) is 0 Å². The minimum atomic E-state index is -5.23. The molecule has 122 valence electrons. The van der Waals surface area contributed by atoms with Gasteiger partial charge in [-0.25, -0.2) is 4.39 Å². The Morgan fingerprint density at radius 1 is 1.00 bits per heavy atom. The first-order chi connectivity index (χ1) is 8.98. The Morgan fingerprint density at radius 3 is 1.90 bits per heavy atom. The van der Waals surface area contributed by atoms with Crippen LogP contribution in [0.4, 0.5) is 35.1 Å². The summed E-state index contributed by atoms with van der Waals surface area (Å²) < 4.78 is 101. The van der Waals surface area contributed by atoms with Gasteiger partial charge in [-0.1, -0.05) is 0 Å². The highest BCUT2D eigenvalue weighted by molar-refractivity contribution is 5.85. The molecule has 0 heterocycles. The van der Waals surface area contributed by atoms with Crippen LogP contribution in [0.5, 0.6) is 0 Å². The Balaban J connectivity index is 0.00000400. The first-order valence-electron chi connectivity index (χ1n) is 5.28. The molecular weight excluding hydrogens is 334 g/mol. The summed E-state index contributed by atoms with van der Waals surface area (Å²) in [7, 11) is 0. The number of benzene rings is 1. The maximum atomic E-state index is 13.5. The predicted molar refractivity (Wildman–Crippen MR) is 61.2 cm³/mol. The molecule has 0 aliphatic carbocycles. The minimum Gasteiger partial charge on any atom is -0.324 e.